The highest BCUT2D eigenvalue weighted by Gasteiger charge is 2.27. The van der Waals surface area contributed by atoms with E-state index in [-0.39, 0.29) is 18.5 Å². The summed E-state index contributed by atoms with van der Waals surface area (Å²) in [7, 11) is 0. The second-order valence-corrected chi connectivity index (χ2v) is 5.15. The highest BCUT2D eigenvalue weighted by atomic mass is 79.9. The van der Waals surface area contributed by atoms with E-state index in [1.807, 2.05) is 13.8 Å². The van der Waals surface area contributed by atoms with Gasteiger partial charge < -0.3 is 10.8 Å². The van der Waals surface area contributed by atoms with Gasteiger partial charge >= 0.3 is 0 Å². The zero-order valence-electron chi connectivity index (χ0n) is 8.80. The minimum absolute atomic E-state index is 0.0359. The highest BCUT2D eigenvalue weighted by molar-refractivity contribution is 9.10. The predicted octanol–water partition coefficient (Wildman–Crippen LogP) is 2.61. The van der Waals surface area contributed by atoms with Crippen LogP contribution in [0.25, 0.3) is 0 Å². The third-order valence-corrected chi connectivity index (χ3v) is 3.20. The SMILES string of the molecule is CC(C)(CO)[C@H](N)c1ccc(Br)c(F)c1. The standard InChI is InChI=1S/C11H15BrFNO/c1-11(2,6-15)10(14)7-3-4-8(12)9(13)5-7/h3-5,10,15H,6,14H2,1-2H3/t10-/m1/s1. The van der Waals surface area contributed by atoms with Crippen LogP contribution < -0.4 is 5.73 Å². The number of hydrogen-bond acceptors (Lipinski definition) is 2. The van der Waals surface area contributed by atoms with Crippen LogP contribution in [0.15, 0.2) is 22.7 Å². The van der Waals surface area contributed by atoms with Crippen LogP contribution in [0.4, 0.5) is 4.39 Å². The molecular formula is C11H15BrFNO. The number of benzene rings is 1. The Balaban J connectivity index is 3.02. The fraction of sp³-hybridized carbons (Fsp3) is 0.455. The van der Waals surface area contributed by atoms with Crippen molar-refractivity contribution in [1.29, 1.82) is 0 Å². The lowest BCUT2D eigenvalue weighted by Crippen LogP contribution is -2.32. The Bertz CT molecular complexity index is 354. The second-order valence-electron chi connectivity index (χ2n) is 4.30. The molecule has 0 fully saturated rings. The summed E-state index contributed by atoms with van der Waals surface area (Å²) in [6.45, 7) is 3.65. The second kappa shape index (κ2) is 4.60. The van der Waals surface area contributed by atoms with Gasteiger partial charge in [-0.1, -0.05) is 19.9 Å². The summed E-state index contributed by atoms with van der Waals surface area (Å²) in [6.07, 6.45) is 0. The van der Waals surface area contributed by atoms with E-state index in [9.17, 15) is 4.39 Å². The van der Waals surface area contributed by atoms with Crippen molar-refractivity contribution < 1.29 is 9.50 Å². The number of nitrogens with two attached hydrogens (primary N) is 1. The first-order chi connectivity index (χ1) is 6.88. The van der Waals surface area contributed by atoms with Gasteiger partial charge in [0.05, 0.1) is 4.47 Å². The Morgan fingerprint density at radius 1 is 1.53 bits per heavy atom. The third kappa shape index (κ3) is 2.77. The van der Waals surface area contributed by atoms with Crippen LogP contribution in [-0.4, -0.2) is 11.7 Å². The lowest BCUT2D eigenvalue weighted by molar-refractivity contribution is 0.132. The van der Waals surface area contributed by atoms with Crippen LogP contribution in [-0.2, 0) is 0 Å². The zero-order valence-corrected chi connectivity index (χ0v) is 10.4. The first kappa shape index (κ1) is 12.6. The summed E-state index contributed by atoms with van der Waals surface area (Å²) in [4.78, 5) is 0. The minimum atomic E-state index is -0.458. The van der Waals surface area contributed by atoms with Crippen LogP contribution in [0.3, 0.4) is 0 Å². The molecule has 1 aromatic rings. The summed E-state index contributed by atoms with van der Waals surface area (Å²) in [5.41, 5.74) is 6.19. The summed E-state index contributed by atoms with van der Waals surface area (Å²) in [5, 5.41) is 9.17. The maximum Gasteiger partial charge on any atom is 0.137 e. The van der Waals surface area contributed by atoms with Gasteiger partial charge in [0.15, 0.2) is 0 Å². The van der Waals surface area contributed by atoms with E-state index < -0.39 is 5.41 Å². The number of halogens is 2. The summed E-state index contributed by atoms with van der Waals surface area (Å²) >= 11 is 3.08. The first-order valence-corrected chi connectivity index (χ1v) is 5.49. The molecule has 84 valence electrons. The van der Waals surface area contributed by atoms with Crippen LogP contribution in [0.5, 0.6) is 0 Å². The Kier molecular flexibility index (Phi) is 3.87. The van der Waals surface area contributed by atoms with Crippen LogP contribution in [0.1, 0.15) is 25.5 Å². The quantitative estimate of drug-likeness (QED) is 0.891. The lowest BCUT2D eigenvalue weighted by atomic mass is 9.82. The van der Waals surface area contributed by atoms with E-state index in [1.165, 1.54) is 6.07 Å². The molecule has 1 atom stereocenters. The molecule has 0 bridgehead atoms. The van der Waals surface area contributed by atoms with E-state index in [0.29, 0.717) is 10.0 Å². The molecule has 1 rings (SSSR count). The van der Waals surface area contributed by atoms with Crippen molar-refractivity contribution in [2.75, 3.05) is 6.61 Å². The van der Waals surface area contributed by atoms with Gasteiger partial charge in [-0.2, -0.15) is 0 Å². The summed E-state index contributed by atoms with van der Waals surface area (Å²) < 4.78 is 13.7. The molecule has 1 aromatic carbocycles. The van der Waals surface area contributed by atoms with Gasteiger partial charge in [0.2, 0.25) is 0 Å². The van der Waals surface area contributed by atoms with E-state index in [1.54, 1.807) is 12.1 Å². The van der Waals surface area contributed by atoms with Crippen molar-refractivity contribution in [1.82, 2.24) is 0 Å². The highest BCUT2D eigenvalue weighted by Crippen LogP contribution is 2.31. The van der Waals surface area contributed by atoms with Crippen molar-refractivity contribution in [3.8, 4) is 0 Å². The van der Waals surface area contributed by atoms with Crippen molar-refractivity contribution in [2.45, 2.75) is 19.9 Å². The summed E-state index contributed by atoms with van der Waals surface area (Å²) in [6, 6.07) is 4.39. The fourth-order valence-corrected chi connectivity index (χ4v) is 1.50. The van der Waals surface area contributed by atoms with Crippen LogP contribution in [0, 0.1) is 11.2 Å². The molecule has 0 aliphatic rings. The first-order valence-electron chi connectivity index (χ1n) is 4.70. The van der Waals surface area contributed by atoms with Gasteiger partial charge in [-0.15, -0.1) is 0 Å². The number of aliphatic hydroxyl groups is 1. The van der Waals surface area contributed by atoms with Crippen molar-refractivity contribution in [2.24, 2.45) is 11.1 Å². The normalized spacial score (nSPS) is 14.0. The summed E-state index contributed by atoms with van der Waals surface area (Å²) in [5.74, 6) is -0.336. The van der Waals surface area contributed by atoms with E-state index in [0.717, 1.165) is 0 Å². The molecule has 0 aromatic heterocycles. The molecule has 0 spiro atoms. The van der Waals surface area contributed by atoms with Gasteiger partial charge in [-0.3, -0.25) is 0 Å². The molecule has 0 saturated carbocycles. The van der Waals surface area contributed by atoms with Gasteiger partial charge in [0, 0.05) is 18.1 Å². The largest absolute Gasteiger partial charge is 0.396 e. The Morgan fingerprint density at radius 3 is 2.60 bits per heavy atom. The van der Waals surface area contributed by atoms with Crippen LogP contribution in [0.2, 0.25) is 0 Å². The zero-order chi connectivity index (χ0) is 11.6. The topological polar surface area (TPSA) is 46.2 Å². The van der Waals surface area contributed by atoms with Gasteiger partial charge in [0.25, 0.3) is 0 Å². The number of rotatable bonds is 3. The molecule has 4 heteroatoms. The van der Waals surface area contributed by atoms with E-state index >= 15 is 0 Å². The maximum absolute atomic E-state index is 13.3. The predicted molar refractivity (Wildman–Crippen MR) is 61.9 cm³/mol. The average Bonchev–Trinajstić information content (AvgIpc) is 2.21. The van der Waals surface area contributed by atoms with E-state index in [4.69, 9.17) is 10.8 Å². The van der Waals surface area contributed by atoms with Gasteiger partial charge in [0.1, 0.15) is 5.82 Å². The van der Waals surface area contributed by atoms with Crippen molar-refractivity contribution >= 4 is 15.9 Å². The van der Waals surface area contributed by atoms with Gasteiger partial charge in [-0.25, -0.2) is 4.39 Å². The molecule has 2 nitrogen and oxygen atoms in total. The minimum Gasteiger partial charge on any atom is -0.396 e. The fourth-order valence-electron chi connectivity index (χ4n) is 1.26. The molecule has 0 aliphatic heterocycles. The van der Waals surface area contributed by atoms with Crippen LogP contribution >= 0.6 is 15.9 Å². The molecular weight excluding hydrogens is 261 g/mol. The molecule has 0 heterocycles. The molecule has 0 amide bonds. The smallest absolute Gasteiger partial charge is 0.137 e. The average molecular weight is 276 g/mol. The molecule has 0 radical (unpaired) electrons. The Morgan fingerprint density at radius 2 is 2.13 bits per heavy atom. The van der Waals surface area contributed by atoms with Gasteiger partial charge in [-0.05, 0) is 33.6 Å². The molecule has 0 aliphatic carbocycles. The number of hydrogen-bond donors (Lipinski definition) is 2. The van der Waals surface area contributed by atoms with Crippen molar-refractivity contribution in [3.63, 3.8) is 0 Å². The Labute approximate surface area is 97.4 Å². The third-order valence-electron chi connectivity index (χ3n) is 2.55. The molecule has 15 heavy (non-hydrogen) atoms. The maximum atomic E-state index is 13.3. The number of aliphatic hydroxyl groups excluding tert-OH is 1. The van der Waals surface area contributed by atoms with Crippen molar-refractivity contribution in [3.05, 3.63) is 34.1 Å². The molecule has 3 N–H and O–H groups in total. The Hall–Kier alpha value is -0.450. The monoisotopic (exact) mass is 275 g/mol. The lowest BCUT2D eigenvalue weighted by Gasteiger charge is -2.29. The molecule has 0 unspecified atom stereocenters. The molecule has 0 saturated heterocycles. The van der Waals surface area contributed by atoms with E-state index in [2.05, 4.69) is 15.9 Å².